The van der Waals surface area contributed by atoms with Crippen LogP contribution in [0.15, 0.2) is 48.5 Å². The van der Waals surface area contributed by atoms with Gasteiger partial charge in [0, 0.05) is 18.2 Å². The molecule has 0 saturated carbocycles. The van der Waals surface area contributed by atoms with Gasteiger partial charge in [-0.1, -0.05) is 56.3 Å². The van der Waals surface area contributed by atoms with Crippen LogP contribution in [0.5, 0.6) is 0 Å². The van der Waals surface area contributed by atoms with Crippen LogP contribution in [0, 0.1) is 5.82 Å². The fourth-order valence-electron chi connectivity index (χ4n) is 2.33. The average Bonchev–Trinajstić information content (AvgIpc) is 2.55. The summed E-state index contributed by atoms with van der Waals surface area (Å²) < 4.78 is 40.2. The molecular weight excluding hydrogens is 327 g/mol. The van der Waals surface area contributed by atoms with E-state index in [1.54, 1.807) is 6.07 Å². The van der Waals surface area contributed by atoms with Crippen molar-refractivity contribution in [1.29, 1.82) is 0 Å². The number of sulfonamides is 1. The minimum absolute atomic E-state index is 0.0673. The molecule has 0 aromatic heterocycles. The molecule has 0 spiro atoms. The number of rotatable bonds is 7. The van der Waals surface area contributed by atoms with Gasteiger partial charge in [0.2, 0.25) is 10.0 Å². The molecular formula is C18H23FN2O2S. The zero-order valence-corrected chi connectivity index (χ0v) is 14.7. The molecule has 3 N–H and O–H groups in total. The lowest BCUT2D eigenvalue weighted by molar-refractivity contribution is 0.566. The Morgan fingerprint density at radius 2 is 1.62 bits per heavy atom. The second-order valence-electron chi connectivity index (χ2n) is 6.13. The fraction of sp³-hybridized carbons (Fsp3) is 0.333. The Morgan fingerprint density at radius 3 is 2.21 bits per heavy atom. The molecule has 2 aromatic rings. The predicted octanol–water partition coefficient (Wildman–Crippen LogP) is 3.07. The first-order valence-corrected chi connectivity index (χ1v) is 9.50. The molecule has 24 heavy (non-hydrogen) atoms. The maximum Gasteiger partial charge on any atom is 0.215 e. The third-order valence-corrected chi connectivity index (χ3v) is 5.16. The number of hydrogen-bond acceptors (Lipinski definition) is 3. The van der Waals surface area contributed by atoms with Crippen molar-refractivity contribution in [2.75, 3.05) is 6.54 Å². The molecule has 0 fully saturated rings. The van der Waals surface area contributed by atoms with Gasteiger partial charge in [0.1, 0.15) is 5.82 Å². The summed E-state index contributed by atoms with van der Waals surface area (Å²) in [4.78, 5) is 0. The SMILES string of the molecule is CC(C)c1ccc([C@H](N)CNS(=O)(=O)Cc2ccccc2F)cc1. The van der Waals surface area contributed by atoms with E-state index in [0.29, 0.717) is 5.92 Å². The normalized spacial score (nSPS) is 13.2. The van der Waals surface area contributed by atoms with Gasteiger partial charge in [0.05, 0.1) is 5.75 Å². The molecule has 0 aliphatic rings. The van der Waals surface area contributed by atoms with E-state index in [0.717, 1.165) is 5.56 Å². The molecule has 0 aliphatic carbocycles. The molecule has 4 nitrogen and oxygen atoms in total. The number of hydrogen-bond donors (Lipinski definition) is 2. The summed E-state index contributed by atoms with van der Waals surface area (Å²) in [5, 5.41) is 0. The first-order valence-electron chi connectivity index (χ1n) is 7.84. The van der Waals surface area contributed by atoms with Crippen molar-refractivity contribution < 1.29 is 12.8 Å². The van der Waals surface area contributed by atoms with E-state index < -0.39 is 27.6 Å². The molecule has 130 valence electrons. The van der Waals surface area contributed by atoms with Gasteiger partial charge >= 0.3 is 0 Å². The van der Waals surface area contributed by atoms with E-state index in [9.17, 15) is 12.8 Å². The van der Waals surface area contributed by atoms with Gasteiger partial charge in [0.15, 0.2) is 0 Å². The minimum Gasteiger partial charge on any atom is -0.323 e. The molecule has 6 heteroatoms. The van der Waals surface area contributed by atoms with Crippen LogP contribution in [0.1, 0.15) is 42.5 Å². The van der Waals surface area contributed by atoms with E-state index in [-0.39, 0.29) is 12.1 Å². The highest BCUT2D eigenvalue weighted by Crippen LogP contribution is 2.18. The average molecular weight is 350 g/mol. The quantitative estimate of drug-likeness (QED) is 0.806. The fourth-order valence-corrected chi connectivity index (χ4v) is 3.51. The number of nitrogens with two attached hydrogens (primary N) is 1. The topological polar surface area (TPSA) is 72.2 Å². The molecule has 2 aromatic carbocycles. The number of halogens is 1. The lowest BCUT2D eigenvalue weighted by Gasteiger charge is -2.15. The van der Waals surface area contributed by atoms with Crippen LogP contribution in [-0.2, 0) is 15.8 Å². The van der Waals surface area contributed by atoms with Crippen molar-refractivity contribution in [3.8, 4) is 0 Å². The first kappa shape index (κ1) is 18.6. The Bertz CT molecular complexity index is 774. The first-order chi connectivity index (χ1) is 11.3. The molecule has 0 bridgehead atoms. The lowest BCUT2D eigenvalue weighted by Crippen LogP contribution is -2.33. The summed E-state index contributed by atoms with van der Waals surface area (Å²) >= 11 is 0. The minimum atomic E-state index is -3.65. The molecule has 0 radical (unpaired) electrons. The number of nitrogens with one attached hydrogen (secondary N) is 1. The van der Waals surface area contributed by atoms with E-state index in [2.05, 4.69) is 18.6 Å². The molecule has 0 unspecified atom stereocenters. The van der Waals surface area contributed by atoms with Gasteiger partial charge in [-0.05, 0) is 23.1 Å². The van der Waals surface area contributed by atoms with Crippen molar-refractivity contribution in [1.82, 2.24) is 4.72 Å². The van der Waals surface area contributed by atoms with Crippen LogP contribution in [0.4, 0.5) is 4.39 Å². The van der Waals surface area contributed by atoms with Gasteiger partial charge < -0.3 is 5.73 Å². The third-order valence-electron chi connectivity index (χ3n) is 3.86. The van der Waals surface area contributed by atoms with Crippen LogP contribution in [0.3, 0.4) is 0 Å². The third kappa shape index (κ3) is 5.12. The Morgan fingerprint density at radius 1 is 1.04 bits per heavy atom. The highest BCUT2D eigenvalue weighted by molar-refractivity contribution is 7.88. The van der Waals surface area contributed by atoms with Crippen molar-refractivity contribution in [3.63, 3.8) is 0 Å². The summed E-state index contributed by atoms with van der Waals surface area (Å²) in [7, 11) is -3.65. The summed E-state index contributed by atoms with van der Waals surface area (Å²) in [6.07, 6.45) is 0. The molecule has 0 saturated heterocycles. The maximum absolute atomic E-state index is 13.6. The van der Waals surface area contributed by atoms with Gasteiger partial charge in [-0.25, -0.2) is 17.5 Å². The van der Waals surface area contributed by atoms with Crippen molar-refractivity contribution >= 4 is 10.0 Å². The van der Waals surface area contributed by atoms with E-state index >= 15 is 0 Å². The lowest BCUT2D eigenvalue weighted by atomic mass is 9.99. The smallest absolute Gasteiger partial charge is 0.215 e. The van der Waals surface area contributed by atoms with E-state index in [1.807, 2.05) is 24.3 Å². The highest BCUT2D eigenvalue weighted by atomic mass is 32.2. The van der Waals surface area contributed by atoms with Crippen LogP contribution in [0.2, 0.25) is 0 Å². The second-order valence-corrected chi connectivity index (χ2v) is 7.93. The zero-order valence-electron chi connectivity index (χ0n) is 13.9. The summed E-state index contributed by atoms with van der Waals surface area (Å²) in [5.74, 6) is -0.510. The van der Waals surface area contributed by atoms with Crippen molar-refractivity contribution in [3.05, 3.63) is 71.0 Å². The van der Waals surface area contributed by atoms with E-state index in [1.165, 1.54) is 23.8 Å². The van der Waals surface area contributed by atoms with E-state index in [4.69, 9.17) is 5.73 Å². The summed E-state index contributed by atoms with van der Waals surface area (Å²) in [6.45, 7) is 4.27. The Kier molecular flexibility index (Phi) is 6.10. The Hall–Kier alpha value is -1.76. The summed E-state index contributed by atoms with van der Waals surface area (Å²) in [6, 6.07) is 13.2. The molecule has 0 heterocycles. The van der Waals surface area contributed by atoms with Crippen LogP contribution >= 0.6 is 0 Å². The standard InChI is InChI=1S/C18H23FN2O2S/c1-13(2)14-7-9-15(10-8-14)18(20)11-21-24(22,23)12-16-5-3-4-6-17(16)19/h3-10,13,18,21H,11-12,20H2,1-2H3/t18-/m1/s1. The van der Waals surface area contributed by atoms with Gasteiger partial charge in [-0.15, -0.1) is 0 Å². The maximum atomic E-state index is 13.6. The Balaban J connectivity index is 1.97. The largest absolute Gasteiger partial charge is 0.323 e. The van der Waals surface area contributed by atoms with Gasteiger partial charge in [-0.2, -0.15) is 0 Å². The molecule has 0 aliphatic heterocycles. The number of benzene rings is 2. The monoisotopic (exact) mass is 350 g/mol. The van der Waals surface area contributed by atoms with Crippen LogP contribution in [0.25, 0.3) is 0 Å². The van der Waals surface area contributed by atoms with Crippen molar-refractivity contribution in [2.45, 2.75) is 31.6 Å². The van der Waals surface area contributed by atoms with Gasteiger partial charge in [-0.3, -0.25) is 0 Å². The van der Waals surface area contributed by atoms with Gasteiger partial charge in [0.25, 0.3) is 0 Å². The molecule has 0 amide bonds. The molecule has 2 rings (SSSR count). The second kappa shape index (κ2) is 7.88. The summed E-state index contributed by atoms with van der Waals surface area (Å²) in [5.41, 5.74) is 8.24. The predicted molar refractivity (Wildman–Crippen MR) is 94.5 cm³/mol. The zero-order chi connectivity index (χ0) is 17.7. The van der Waals surface area contributed by atoms with Crippen LogP contribution in [-0.4, -0.2) is 15.0 Å². The van der Waals surface area contributed by atoms with Crippen LogP contribution < -0.4 is 10.5 Å². The van der Waals surface area contributed by atoms with Crippen molar-refractivity contribution in [2.24, 2.45) is 5.73 Å². The highest BCUT2D eigenvalue weighted by Gasteiger charge is 2.16. The Labute approximate surface area is 142 Å². The molecule has 1 atom stereocenters.